The number of nitrogens with zero attached hydrogens (tertiary/aromatic N) is 4. The lowest BCUT2D eigenvalue weighted by Crippen LogP contribution is -2.06. The summed E-state index contributed by atoms with van der Waals surface area (Å²) in [6.45, 7) is 4.43. The second-order valence-corrected chi connectivity index (χ2v) is 11.6. The lowest BCUT2D eigenvalue weighted by molar-refractivity contribution is 0.953. The van der Waals surface area contributed by atoms with Crippen LogP contribution in [0.15, 0.2) is 146 Å². The number of aryl methyl sites for hydroxylation is 2. The zero-order chi connectivity index (χ0) is 31.0. The Kier molecular flexibility index (Phi) is 6.96. The SMILES string of the molecule is CCc1ccccc1-c1cc2c(cc1C)c1ccccc1n2-c1nc(-c2ccccc2)nc(-c2cccc(-c3ccccc3)c2)n1. The van der Waals surface area contributed by atoms with E-state index in [0.29, 0.717) is 17.6 Å². The summed E-state index contributed by atoms with van der Waals surface area (Å²) in [5, 5.41) is 2.35. The molecule has 0 bridgehead atoms. The van der Waals surface area contributed by atoms with Crippen molar-refractivity contribution in [1.82, 2.24) is 19.5 Å². The molecule has 0 aliphatic carbocycles. The number of aromatic nitrogens is 4. The largest absolute Gasteiger partial charge is 0.278 e. The molecule has 0 atom stereocenters. The van der Waals surface area contributed by atoms with Gasteiger partial charge < -0.3 is 0 Å². The number of para-hydroxylation sites is 1. The van der Waals surface area contributed by atoms with Gasteiger partial charge in [-0.25, -0.2) is 4.98 Å². The van der Waals surface area contributed by atoms with Crippen LogP contribution >= 0.6 is 0 Å². The monoisotopic (exact) mass is 592 g/mol. The van der Waals surface area contributed by atoms with Gasteiger partial charge in [0.2, 0.25) is 5.95 Å². The third-order valence-electron chi connectivity index (χ3n) is 8.79. The highest BCUT2D eigenvalue weighted by Crippen LogP contribution is 2.38. The molecule has 0 unspecified atom stereocenters. The zero-order valence-electron chi connectivity index (χ0n) is 25.9. The third kappa shape index (κ3) is 4.85. The van der Waals surface area contributed by atoms with Crippen LogP contribution in [0.25, 0.3) is 72.8 Å². The van der Waals surface area contributed by atoms with Crippen LogP contribution in [0.1, 0.15) is 18.1 Å². The molecule has 0 spiro atoms. The highest BCUT2D eigenvalue weighted by atomic mass is 15.2. The maximum absolute atomic E-state index is 5.21. The van der Waals surface area contributed by atoms with Gasteiger partial charge in [0.05, 0.1) is 11.0 Å². The van der Waals surface area contributed by atoms with Crippen molar-refractivity contribution >= 4 is 21.8 Å². The fourth-order valence-electron chi connectivity index (χ4n) is 6.50. The molecule has 4 nitrogen and oxygen atoms in total. The van der Waals surface area contributed by atoms with Crippen LogP contribution in [-0.4, -0.2) is 19.5 Å². The second-order valence-electron chi connectivity index (χ2n) is 11.6. The molecule has 8 rings (SSSR count). The predicted molar refractivity (Wildman–Crippen MR) is 190 cm³/mol. The first kappa shape index (κ1) is 27.7. The minimum atomic E-state index is 0.596. The van der Waals surface area contributed by atoms with Crippen molar-refractivity contribution in [2.45, 2.75) is 20.3 Å². The second kappa shape index (κ2) is 11.6. The molecule has 0 radical (unpaired) electrons. The molecule has 0 saturated heterocycles. The summed E-state index contributed by atoms with van der Waals surface area (Å²) < 4.78 is 2.21. The molecule has 0 saturated carbocycles. The summed E-state index contributed by atoms with van der Waals surface area (Å²) in [6.07, 6.45) is 0.968. The fraction of sp³-hybridized carbons (Fsp3) is 0.0714. The van der Waals surface area contributed by atoms with Crippen LogP contribution in [0.4, 0.5) is 0 Å². The quantitative estimate of drug-likeness (QED) is 0.193. The molecule has 0 fully saturated rings. The van der Waals surface area contributed by atoms with E-state index in [1.807, 2.05) is 24.3 Å². The molecular formula is C42H32N4. The normalized spacial score (nSPS) is 11.3. The van der Waals surface area contributed by atoms with Gasteiger partial charge in [0.1, 0.15) is 0 Å². The van der Waals surface area contributed by atoms with E-state index in [2.05, 4.69) is 140 Å². The van der Waals surface area contributed by atoms with Crippen molar-refractivity contribution in [3.05, 3.63) is 157 Å². The first-order chi connectivity index (χ1) is 22.7. The third-order valence-corrected chi connectivity index (χ3v) is 8.79. The van der Waals surface area contributed by atoms with Gasteiger partial charge in [-0.3, -0.25) is 4.57 Å². The van der Waals surface area contributed by atoms with E-state index >= 15 is 0 Å². The van der Waals surface area contributed by atoms with Crippen LogP contribution in [0, 0.1) is 6.92 Å². The molecule has 0 amide bonds. The van der Waals surface area contributed by atoms with Gasteiger partial charge in [0.15, 0.2) is 11.6 Å². The van der Waals surface area contributed by atoms with Crippen LogP contribution in [0.5, 0.6) is 0 Å². The topological polar surface area (TPSA) is 43.6 Å². The number of rotatable bonds is 6. The Morgan fingerprint density at radius 2 is 1.11 bits per heavy atom. The molecule has 0 aliphatic heterocycles. The van der Waals surface area contributed by atoms with Crippen LogP contribution in [0.2, 0.25) is 0 Å². The predicted octanol–water partition coefficient (Wildman–Crippen LogP) is 10.5. The average molecular weight is 593 g/mol. The van der Waals surface area contributed by atoms with E-state index in [1.165, 1.54) is 33.0 Å². The van der Waals surface area contributed by atoms with Crippen molar-refractivity contribution in [1.29, 1.82) is 0 Å². The Balaban J connectivity index is 1.41. The standard InChI is InChI=1S/C42H32N4/c1-3-29-15-10-11-22-34(29)36-27-39-37(25-28(36)2)35-23-12-13-24-38(35)46(39)42-44-40(31-18-8-5-9-19-31)43-41(45-42)33-21-14-20-32(26-33)30-16-6-4-7-17-30/h4-27H,3H2,1-2H3. The molecule has 8 aromatic rings. The van der Waals surface area contributed by atoms with E-state index in [-0.39, 0.29) is 0 Å². The summed E-state index contributed by atoms with van der Waals surface area (Å²) in [4.78, 5) is 15.4. The summed E-state index contributed by atoms with van der Waals surface area (Å²) in [5.41, 5.74) is 11.4. The Morgan fingerprint density at radius 3 is 1.89 bits per heavy atom. The first-order valence-electron chi connectivity index (χ1n) is 15.8. The number of hydrogen-bond acceptors (Lipinski definition) is 3. The molecule has 6 aromatic carbocycles. The van der Waals surface area contributed by atoms with E-state index in [1.54, 1.807) is 0 Å². The average Bonchev–Trinajstić information content (AvgIpc) is 3.45. The van der Waals surface area contributed by atoms with Crippen LogP contribution in [-0.2, 0) is 6.42 Å². The van der Waals surface area contributed by atoms with Gasteiger partial charge in [-0.05, 0) is 71.0 Å². The summed E-state index contributed by atoms with van der Waals surface area (Å²) in [6, 6.07) is 50.9. The molecule has 0 N–H and O–H groups in total. The Morgan fingerprint density at radius 1 is 0.478 bits per heavy atom. The minimum absolute atomic E-state index is 0.596. The molecule has 2 aromatic heterocycles. The van der Waals surface area contributed by atoms with E-state index < -0.39 is 0 Å². The lowest BCUT2D eigenvalue weighted by atomic mass is 9.93. The maximum Gasteiger partial charge on any atom is 0.238 e. The Hall–Kier alpha value is -5.87. The number of benzene rings is 6. The first-order valence-corrected chi connectivity index (χ1v) is 15.8. The fourth-order valence-corrected chi connectivity index (χ4v) is 6.50. The number of hydrogen-bond donors (Lipinski definition) is 0. The highest BCUT2D eigenvalue weighted by Gasteiger charge is 2.20. The summed E-state index contributed by atoms with van der Waals surface area (Å²) >= 11 is 0. The smallest absolute Gasteiger partial charge is 0.238 e. The van der Waals surface area contributed by atoms with E-state index in [4.69, 9.17) is 15.0 Å². The van der Waals surface area contributed by atoms with Crippen molar-refractivity contribution < 1.29 is 0 Å². The van der Waals surface area contributed by atoms with Crippen molar-refractivity contribution in [3.8, 4) is 51.0 Å². The Bertz CT molecular complexity index is 2350. The maximum atomic E-state index is 5.21. The van der Waals surface area contributed by atoms with Crippen LogP contribution in [0.3, 0.4) is 0 Å². The lowest BCUT2D eigenvalue weighted by Gasteiger charge is -2.14. The number of fused-ring (bicyclic) bond motifs is 3. The van der Waals surface area contributed by atoms with Gasteiger partial charge in [-0.1, -0.05) is 128 Å². The van der Waals surface area contributed by atoms with E-state index in [0.717, 1.165) is 39.7 Å². The van der Waals surface area contributed by atoms with Crippen LogP contribution < -0.4 is 0 Å². The molecule has 220 valence electrons. The van der Waals surface area contributed by atoms with E-state index in [9.17, 15) is 0 Å². The van der Waals surface area contributed by atoms with Gasteiger partial charge in [-0.15, -0.1) is 0 Å². The molecule has 2 heterocycles. The minimum Gasteiger partial charge on any atom is -0.278 e. The molecule has 4 heteroatoms. The summed E-state index contributed by atoms with van der Waals surface area (Å²) in [7, 11) is 0. The van der Waals surface area contributed by atoms with Gasteiger partial charge >= 0.3 is 0 Å². The summed E-state index contributed by atoms with van der Waals surface area (Å²) in [5.74, 6) is 1.87. The van der Waals surface area contributed by atoms with Crippen molar-refractivity contribution in [3.63, 3.8) is 0 Å². The van der Waals surface area contributed by atoms with Crippen molar-refractivity contribution in [2.24, 2.45) is 0 Å². The molecular weight excluding hydrogens is 560 g/mol. The van der Waals surface area contributed by atoms with Gasteiger partial charge in [0, 0.05) is 21.9 Å². The van der Waals surface area contributed by atoms with Crippen molar-refractivity contribution in [2.75, 3.05) is 0 Å². The molecule has 46 heavy (non-hydrogen) atoms. The zero-order valence-corrected chi connectivity index (χ0v) is 25.9. The van der Waals surface area contributed by atoms with Gasteiger partial charge in [-0.2, -0.15) is 9.97 Å². The Labute approximate surface area is 268 Å². The highest BCUT2D eigenvalue weighted by molar-refractivity contribution is 6.10. The van der Waals surface area contributed by atoms with Gasteiger partial charge in [0.25, 0.3) is 0 Å². The molecule has 0 aliphatic rings.